The Morgan fingerprint density at radius 2 is 1.83 bits per heavy atom. The number of carboxylic acid groups (broad SMARTS) is 1. The molecule has 118 valence electrons. The van der Waals surface area contributed by atoms with Crippen LogP contribution in [0.4, 0.5) is 0 Å². The zero-order chi connectivity index (χ0) is 16.6. The molecule has 1 N–H and O–H groups in total. The molecule has 1 aromatic heterocycles. The van der Waals surface area contributed by atoms with E-state index < -0.39 is 15.8 Å². The lowest BCUT2D eigenvalue weighted by molar-refractivity contribution is 0.0696. The number of aromatic carboxylic acids is 1. The molecule has 0 aliphatic heterocycles. The third-order valence-corrected chi connectivity index (χ3v) is 5.32. The summed E-state index contributed by atoms with van der Waals surface area (Å²) in [6.45, 7) is 0. The van der Waals surface area contributed by atoms with Gasteiger partial charge in [0.2, 0.25) is 0 Å². The molecule has 0 radical (unpaired) electrons. The first-order valence-corrected chi connectivity index (χ1v) is 9.34. The Morgan fingerprint density at radius 1 is 1.13 bits per heavy atom. The van der Waals surface area contributed by atoms with Crippen LogP contribution in [0.25, 0.3) is 10.1 Å². The van der Waals surface area contributed by atoms with Gasteiger partial charge in [0.1, 0.15) is 11.5 Å². The van der Waals surface area contributed by atoms with Gasteiger partial charge in [0.05, 0.1) is 15.2 Å². The molecule has 7 heteroatoms. The van der Waals surface area contributed by atoms with Crippen LogP contribution in [0, 0.1) is 0 Å². The molecule has 0 spiro atoms. The molecule has 23 heavy (non-hydrogen) atoms. The first-order chi connectivity index (χ1) is 10.8. The molecule has 0 unspecified atom stereocenters. The minimum absolute atomic E-state index is 0.138. The molecule has 2 aromatic carbocycles. The van der Waals surface area contributed by atoms with Crippen LogP contribution in [0.15, 0.2) is 52.7 Å². The summed E-state index contributed by atoms with van der Waals surface area (Å²) in [5.74, 6) is -0.160. The molecule has 3 rings (SSSR count). The lowest BCUT2D eigenvalue weighted by atomic mass is 10.1. The molecular weight excluding hydrogens is 336 g/mol. The van der Waals surface area contributed by atoms with E-state index >= 15 is 0 Å². The van der Waals surface area contributed by atoms with Crippen LogP contribution in [-0.2, 0) is 9.84 Å². The molecule has 3 aromatic rings. The normalized spacial score (nSPS) is 11.5. The minimum Gasteiger partial charge on any atom is -0.478 e. The van der Waals surface area contributed by atoms with Crippen molar-refractivity contribution in [2.45, 2.75) is 4.90 Å². The van der Waals surface area contributed by atoms with E-state index in [2.05, 4.69) is 0 Å². The molecule has 1 heterocycles. The van der Waals surface area contributed by atoms with Crippen molar-refractivity contribution >= 4 is 37.2 Å². The second kappa shape index (κ2) is 5.68. The molecule has 0 amide bonds. The van der Waals surface area contributed by atoms with Gasteiger partial charge in [-0.1, -0.05) is 0 Å². The van der Waals surface area contributed by atoms with E-state index in [9.17, 15) is 18.3 Å². The first-order valence-electron chi connectivity index (χ1n) is 6.57. The summed E-state index contributed by atoms with van der Waals surface area (Å²) < 4.78 is 29.5. The van der Waals surface area contributed by atoms with Crippen LogP contribution < -0.4 is 4.74 Å². The SMILES string of the molecule is CS(=O)(=O)c1ccc(Oc2cc(C(=O)O)cc3ccsc23)cc1. The highest BCUT2D eigenvalue weighted by Crippen LogP contribution is 2.35. The highest BCUT2D eigenvalue weighted by Gasteiger charge is 2.13. The summed E-state index contributed by atoms with van der Waals surface area (Å²) in [6.07, 6.45) is 1.13. The largest absolute Gasteiger partial charge is 0.478 e. The van der Waals surface area contributed by atoms with E-state index in [1.54, 1.807) is 18.2 Å². The van der Waals surface area contributed by atoms with Crippen molar-refractivity contribution in [3.8, 4) is 11.5 Å². The Bertz CT molecular complexity index is 985. The summed E-state index contributed by atoms with van der Waals surface area (Å²) in [6, 6.07) is 10.9. The summed E-state index contributed by atoms with van der Waals surface area (Å²) in [7, 11) is -3.27. The van der Waals surface area contributed by atoms with Crippen LogP contribution in [0.5, 0.6) is 11.5 Å². The topological polar surface area (TPSA) is 80.7 Å². The molecule has 0 bridgehead atoms. The quantitative estimate of drug-likeness (QED) is 0.776. The van der Waals surface area contributed by atoms with Gasteiger partial charge in [0.15, 0.2) is 9.84 Å². The number of hydrogen-bond donors (Lipinski definition) is 1. The number of thiophene rings is 1. The number of benzene rings is 2. The van der Waals surface area contributed by atoms with E-state index in [1.807, 2.05) is 11.4 Å². The number of fused-ring (bicyclic) bond motifs is 1. The smallest absolute Gasteiger partial charge is 0.335 e. The first kappa shape index (κ1) is 15.5. The Labute approximate surface area is 136 Å². The Kier molecular flexibility index (Phi) is 3.83. The molecular formula is C16H12O5S2. The standard InChI is InChI=1S/C16H12O5S2/c1-23(19,20)13-4-2-12(3-5-13)21-14-9-11(16(17)18)8-10-6-7-22-15(10)14/h2-9H,1H3,(H,17,18). The summed E-state index contributed by atoms with van der Waals surface area (Å²) in [5.41, 5.74) is 0.138. The molecule has 0 aliphatic rings. The monoisotopic (exact) mass is 348 g/mol. The number of sulfone groups is 1. The van der Waals surface area contributed by atoms with Crippen LogP contribution in [0.2, 0.25) is 0 Å². The number of ether oxygens (including phenoxy) is 1. The Balaban J connectivity index is 2.01. The van der Waals surface area contributed by atoms with Gasteiger partial charge in [-0.3, -0.25) is 0 Å². The predicted octanol–water partition coefficient (Wildman–Crippen LogP) is 3.80. The van der Waals surface area contributed by atoms with Gasteiger partial charge < -0.3 is 9.84 Å². The lowest BCUT2D eigenvalue weighted by Crippen LogP contribution is -1.98. The van der Waals surface area contributed by atoms with Crippen LogP contribution in [0.1, 0.15) is 10.4 Å². The van der Waals surface area contributed by atoms with E-state index in [-0.39, 0.29) is 10.5 Å². The van der Waals surface area contributed by atoms with Crippen molar-refractivity contribution in [1.29, 1.82) is 0 Å². The van der Waals surface area contributed by atoms with Crippen LogP contribution >= 0.6 is 11.3 Å². The van der Waals surface area contributed by atoms with E-state index in [0.717, 1.165) is 16.3 Å². The van der Waals surface area contributed by atoms with Gasteiger partial charge in [-0.25, -0.2) is 13.2 Å². The predicted molar refractivity (Wildman–Crippen MR) is 88.4 cm³/mol. The fourth-order valence-electron chi connectivity index (χ4n) is 2.13. The summed E-state index contributed by atoms with van der Waals surface area (Å²) in [4.78, 5) is 11.4. The molecule has 0 saturated heterocycles. The molecule has 0 saturated carbocycles. The van der Waals surface area contributed by atoms with E-state index in [0.29, 0.717) is 11.5 Å². The zero-order valence-electron chi connectivity index (χ0n) is 12.0. The number of hydrogen-bond acceptors (Lipinski definition) is 5. The molecule has 5 nitrogen and oxygen atoms in total. The second-order valence-electron chi connectivity index (χ2n) is 4.96. The van der Waals surface area contributed by atoms with Crippen molar-refractivity contribution < 1.29 is 23.1 Å². The fraction of sp³-hybridized carbons (Fsp3) is 0.0625. The van der Waals surface area contributed by atoms with Gasteiger partial charge in [-0.15, -0.1) is 11.3 Å². The lowest BCUT2D eigenvalue weighted by Gasteiger charge is -2.09. The zero-order valence-corrected chi connectivity index (χ0v) is 13.6. The average Bonchev–Trinajstić information content (AvgIpc) is 2.95. The van der Waals surface area contributed by atoms with Crippen molar-refractivity contribution in [2.24, 2.45) is 0 Å². The van der Waals surface area contributed by atoms with Gasteiger partial charge in [0.25, 0.3) is 0 Å². The van der Waals surface area contributed by atoms with Gasteiger partial charge in [0, 0.05) is 6.26 Å². The third-order valence-electron chi connectivity index (χ3n) is 3.24. The molecule has 0 fully saturated rings. The van der Waals surface area contributed by atoms with Crippen molar-refractivity contribution in [1.82, 2.24) is 0 Å². The maximum Gasteiger partial charge on any atom is 0.335 e. The van der Waals surface area contributed by atoms with Crippen LogP contribution in [0.3, 0.4) is 0 Å². The molecule has 0 atom stereocenters. The minimum atomic E-state index is -3.27. The average molecular weight is 348 g/mol. The third kappa shape index (κ3) is 3.20. The number of rotatable bonds is 4. The van der Waals surface area contributed by atoms with Crippen LogP contribution in [-0.4, -0.2) is 25.7 Å². The van der Waals surface area contributed by atoms with Crippen molar-refractivity contribution in [2.75, 3.05) is 6.26 Å². The Morgan fingerprint density at radius 3 is 2.43 bits per heavy atom. The maximum atomic E-state index is 11.5. The fourth-order valence-corrected chi connectivity index (χ4v) is 3.59. The Hall–Kier alpha value is -2.38. The van der Waals surface area contributed by atoms with Crippen molar-refractivity contribution in [3.63, 3.8) is 0 Å². The highest BCUT2D eigenvalue weighted by molar-refractivity contribution is 7.90. The highest BCUT2D eigenvalue weighted by atomic mass is 32.2. The summed E-state index contributed by atoms with van der Waals surface area (Å²) >= 11 is 1.45. The van der Waals surface area contributed by atoms with Gasteiger partial charge in [-0.05, 0) is 53.2 Å². The maximum absolute atomic E-state index is 11.5. The van der Waals surface area contributed by atoms with E-state index in [1.165, 1.54) is 29.5 Å². The molecule has 0 aliphatic carbocycles. The van der Waals surface area contributed by atoms with Gasteiger partial charge >= 0.3 is 5.97 Å². The van der Waals surface area contributed by atoms with Crippen molar-refractivity contribution in [3.05, 3.63) is 53.4 Å². The number of carbonyl (C=O) groups is 1. The second-order valence-corrected chi connectivity index (χ2v) is 7.90. The number of carboxylic acids is 1. The van der Waals surface area contributed by atoms with Gasteiger partial charge in [-0.2, -0.15) is 0 Å². The van der Waals surface area contributed by atoms with E-state index in [4.69, 9.17) is 4.74 Å². The summed E-state index contributed by atoms with van der Waals surface area (Å²) in [5, 5.41) is 11.8.